The fraction of sp³-hybridized carbons (Fsp3) is 0.250. The molecule has 0 saturated carbocycles. The summed E-state index contributed by atoms with van der Waals surface area (Å²) in [5.41, 5.74) is 2.27. The Labute approximate surface area is 108 Å². The average Bonchev–Trinajstić information content (AvgIpc) is 2.34. The Bertz CT molecular complexity index is 538. The first kappa shape index (κ1) is 11.1. The van der Waals surface area contributed by atoms with Crippen LogP contribution in [0.3, 0.4) is 0 Å². The van der Waals surface area contributed by atoms with E-state index in [4.69, 9.17) is 4.74 Å². The fourth-order valence-corrected chi connectivity index (χ4v) is 2.43. The molecule has 18 heavy (non-hydrogen) atoms. The predicted octanol–water partition coefficient (Wildman–Crippen LogP) is 4.73. The quantitative estimate of drug-likeness (QED) is 0.659. The van der Waals surface area contributed by atoms with Crippen LogP contribution in [-0.2, 0) is 0 Å². The lowest BCUT2D eigenvalue weighted by molar-refractivity contribution is 0.451. The van der Waals surface area contributed by atoms with Gasteiger partial charge in [-0.05, 0) is 45.0 Å². The summed E-state index contributed by atoms with van der Waals surface area (Å²) in [6.07, 6.45) is 0. The molecule has 0 atom stereocenters. The van der Waals surface area contributed by atoms with Gasteiger partial charge in [0.1, 0.15) is 0 Å². The van der Waals surface area contributed by atoms with Crippen LogP contribution in [-0.4, -0.2) is 5.54 Å². The van der Waals surface area contributed by atoms with Gasteiger partial charge in [-0.2, -0.15) is 0 Å². The minimum absolute atomic E-state index is 0.00991. The molecule has 0 N–H and O–H groups in total. The van der Waals surface area contributed by atoms with Gasteiger partial charge in [-0.15, -0.1) is 0 Å². The molecule has 0 aromatic heterocycles. The van der Waals surface area contributed by atoms with E-state index in [0.29, 0.717) is 0 Å². The zero-order valence-corrected chi connectivity index (χ0v) is 11.0. The number of anilines is 2. The van der Waals surface area contributed by atoms with Crippen LogP contribution < -0.4 is 9.64 Å². The largest absolute Gasteiger partial charge is 0.453 e. The Morgan fingerprint density at radius 1 is 0.778 bits per heavy atom. The van der Waals surface area contributed by atoms with Crippen molar-refractivity contribution in [2.75, 3.05) is 4.90 Å². The van der Waals surface area contributed by atoms with E-state index in [2.05, 4.69) is 49.9 Å². The van der Waals surface area contributed by atoms with Crippen molar-refractivity contribution in [3.05, 3.63) is 48.5 Å². The second-order valence-electron chi connectivity index (χ2n) is 5.54. The predicted molar refractivity (Wildman–Crippen MR) is 74.9 cm³/mol. The van der Waals surface area contributed by atoms with E-state index in [1.165, 1.54) is 0 Å². The van der Waals surface area contributed by atoms with Crippen LogP contribution in [0.1, 0.15) is 20.8 Å². The highest BCUT2D eigenvalue weighted by molar-refractivity contribution is 5.79. The second kappa shape index (κ2) is 3.77. The number of hydrogen-bond acceptors (Lipinski definition) is 2. The summed E-state index contributed by atoms with van der Waals surface area (Å²) in [6, 6.07) is 16.4. The van der Waals surface area contributed by atoms with Crippen molar-refractivity contribution < 1.29 is 4.74 Å². The molecule has 0 radical (unpaired) electrons. The molecule has 0 fully saturated rings. The third-order valence-corrected chi connectivity index (χ3v) is 3.10. The number of fused-ring (bicyclic) bond motifs is 2. The van der Waals surface area contributed by atoms with Gasteiger partial charge in [-0.25, -0.2) is 0 Å². The maximum atomic E-state index is 5.96. The lowest BCUT2D eigenvalue weighted by Gasteiger charge is -2.41. The van der Waals surface area contributed by atoms with Gasteiger partial charge in [-0.3, -0.25) is 0 Å². The number of rotatable bonds is 0. The minimum atomic E-state index is 0.00991. The van der Waals surface area contributed by atoms with E-state index in [9.17, 15) is 0 Å². The number of ether oxygens (including phenoxy) is 1. The van der Waals surface area contributed by atoms with Crippen molar-refractivity contribution in [2.45, 2.75) is 26.3 Å². The Hall–Kier alpha value is -1.96. The van der Waals surface area contributed by atoms with Crippen LogP contribution in [0.4, 0.5) is 11.4 Å². The van der Waals surface area contributed by atoms with Crippen molar-refractivity contribution in [1.29, 1.82) is 0 Å². The zero-order valence-electron chi connectivity index (χ0n) is 11.0. The molecular weight excluding hydrogens is 222 g/mol. The molecule has 0 spiro atoms. The highest BCUT2D eigenvalue weighted by Crippen LogP contribution is 2.49. The van der Waals surface area contributed by atoms with Gasteiger partial charge >= 0.3 is 0 Å². The summed E-state index contributed by atoms with van der Waals surface area (Å²) >= 11 is 0. The molecule has 92 valence electrons. The minimum Gasteiger partial charge on any atom is -0.453 e. The van der Waals surface area contributed by atoms with Crippen LogP contribution in [0.5, 0.6) is 11.5 Å². The molecule has 3 rings (SSSR count). The van der Waals surface area contributed by atoms with Crippen LogP contribution in [0.2, 0.25) is 0 Å². The standard InChI is InChI=1S/C16H17NO/c1-16(2,3)17-12-8-4-6-10-14(12)18-15-11-7-5-9-13(15)17/h4-11H,1-3H3. The normalized spacial score (nSPS) is 13.6. The molecule has 1 heterocycles. The van der Waals surface area contributed by atoms with Crippen LogP contribution >= 0.6 is 0 Å². The fourth-order valence-electron chi connectivity index (χ4n) is 2.43. The molecule has 2 heteroatoms. The third kappa shape index (κ3) is 1.65. The molecular formula is C16H17NO. The first-order chi connectivity index (χ1) is 8.57. The Morgan fingerprint density at radius 2 is 1.22 bits per heavy atom. The summed E-state index contributed by atoms with van der Waals surface area (Å²) in [5.74, 6) is 1.84. The monoisotopic (exact) mass is 239 g/mol. The molecule has 2 aromatic rings. The number of para-hydroxylation sites is 4. The highest BCUT2D eigenvalue weighted by atomic mass is 16.5. The Morgan fingerprint density at radius 3 is 1.67 bits per heavy atom. The van der Waals surface area contributed by atoms with Crippen molar-refractivity contribution in [3.63, 3.8) is 0 Å². The first-order valence-electron chi connectivity index (χ1n) is 6.23. The van der Waals surface area contributed by atoms with Gasteiger partial charge in [0, 0.05) is 5.54 Å². The molecule has 0 unspecified atom stereocenters. The van der Waals surface area contributed by atoms with Crippen molar-refractivity contribution >= 4 is 11.4 Å². The van der Waals surface area contributed by atoms with Crippen molar-refractivity contribution in [1.82, 2.24) is 0 Å². The van der Waals surface area contributed by atoms with Gasteiger partial charge in [0.05, 0.1) is 11.4 Å². The molecule has 1 aliphatic heterocycles. The summed E-state index contributed by atoms with van der Waals surface area (Å²) in [4.78, 5) is 2.33. The van der Waals surface area contributed by atoms with Gasteiger partial charge in [0.15, 0.2) is 11.5 Å². The van der Waals surface area contributed by atoms with Gasteiger partial charge in [-0.1, -0.05) is 24.3 Å². The van der Waals surface area contributed by atoms with Crippen LogP contribution in [0.25, 0.3) is 0 Å². The molecule has 0 aliphatic carbocycles. The van der Waals surface area contributed by atoms with E-state index < -0.39 is 0 Å². The molecule has 0 bridgehead atoms. The number of benzene rings is 2. The summed E-state index contributed by atoms with van der Waals surface area (Å²) in [5, 5.41) is 0. The maximum absolute atomic E-state index is 5.96. The Balaban J connectivity index is 2.24. The summed E-state index contributed by atoms with van der Waals surface area (Å²) in [7, 11) is 0. The highest BCUT2D eigenvalue weighted by Gasteiger charge is 2.31. The van der Waals surface area contributed by atoms with Crippen LogP contribution in [0, 0.1) is 0 Å². The van der Waals surface area contributed by atoms with Crippen molar-refractivity contribution in [2.24, 2.45) is 0 Å². The molecule has 2 aromatic carbocycles. The number of nitrogens with zero attached hydrogens (tertiary/aromatic N) is 1. The SMILES string of the molecule is CC(C)(C)N1c2ccccc2Oc2ccccc21. The van der Waals surface area contributed by atoms with Gasteiger partial charge in [0.2, 0.25) is 0 Å². The number of hydrogen-bond donors (Lipinski definition) is 0. The first-order valence-corrected chi connectivity index (χ1v) is 6.23. The lowest BCUT2D eigenvalue weighted by atomic mass is 10.0. The van der Waals surface area contributed by atoms with Crippen LogP contribution in [0.15, 0.2) is 48.5 Å². The van der Waals surface area contributed by atoms with Gasteiger partial charge in [0.25, 0.3) is 0 Å². The molecule has 2 nitrogen and oxygen atoms in total. The van der Waals surface area contributed by atoms with E-state index in [-0.39, 0.29) is 5.54 Å². The van der Waals surface area contributed by atoms with E-state index in [1.54, 1.807) is 0 Å². The van der Waals surface area contributed by atoms with E-state index >= 15 is 0 Å². The topological polar surface area (TPSA) is 12.5 Å². The average molecular weight is 239 g/mol. The third-order valence-electron chi connectivity index (χ3n) is 3.10. The van der Waals surface area contributed by atoms with Gasteiger partial charge < -0.3 is 9.64 Å². The summed E-state index contributed by atoms with van der Waals surface area (Å²) < 4.78 is 5.96. The zero-order chi connectivity index (χ0) is 12.8. The van der Waals surface area contributed by atoms with Crippen molar-refractivity contribution in [3.8, 4) is 11.5 Å². The maximum Gasteiger partial charge on any atom is 0.151 e. The van der Waals surface area contributed by atoms with E-state index in [1.807, 2.05) is 24.3 Å². The Kier molecular flexibility index (Phi) is 2.34. The molecule has 0 amide bonds. The van der Waals surface area contributed by atoms with E-state index in [0.717, 1.165) is 22.9 Å². The lowest BCUT2D eigenvalue weighted by Crippen LogP contribution is -2.39. The second-order valence-corrected chi connectivity index (χ2v) is 5.54. The molecule has 0 saturated heterocycles. The summed E-state index contributed by atoms with van der Waals surface area (Å²) in [6.45, 7) is 6.64. The molecule has 1 aliphatic rings. The smallest absolute Gasteiger partial charge is 0.151 e.